The summed E-state index contributed by atoms with van der Waals surface area (Å²) in [7, 11) is 0. The van der Waals surface area contributed by atoms with Gasteiger partial charge in [-0.25, -0.2) is 18.6 Å². The van der Waals surface area contributed by atoms with Gasteiger partial charge in [0.1, 0.15) is 0 Å². The second-order valence-electron chi connectivity index (χ2n) is 2.17. The molecular weight excluding hydrogens is 295 g/mol. The molecule has 0 aliphatic heterocycles. The smallest absolute Gasteiger partial charge is 0.355 e. The van der Waals surface area contributed by atoms with Gasteiger partial charge in [-0.05, 0) is 28.7 Å². The second-order valence-corrected chi connectivity index (χ2v) is 3.25. The fourth-order valence-corrected chi connectivity index (χ4v) is 1.56. The number of carboxylic acids is 1. The number of carboxylic acid groups (broad SMARTS) is 1. The Labute approximate surface area is 85.9 Å². The zero-order valence-corrected chi connectivity index (χ0v) is 8.33. The molecule has 0 amide bonds. The lowest BCUT2D eigenvalue weighted by molar-refractivity contribution is 0.0688. The quantitative estimate of drug-likeness (QED) is 0.853. The second kappa shape index (κ2) is 3.95. The van der Waals surface area contributed by atoms with E-state index in [1.54, 1.807) is 22.6 Å². The van der Waals surface area contributed by atoms with E-state index in [1.807, 2.05) is 0 Å². The van der Waals surface area contributed by atoms with Crippen molar-refractivity contribution in [2.75, 3.05) is 0 Å². The molecule has 0 aliphatic carbocycles. The summed E-state index contributed by atoms with van der Waals surface area (Å²) in [5, 5.41) is 8.56. The lowest BCUT2D eigenvalue weighted by Gasteiger charge is -2.04. The number of alkyl halides is 2. The zero-order valence-electron chi connectivity index (χ0n) is 6.17. The molecule has 0 atom stereocenters. The van der Waals surface area contributed by atoms with Gasteiger partial charge in [-0.1, -0.05) is 0 Å². The van der Waals surface area contributed by atoms with Crippen LogP contribution in [0.15, 0.2) is 12.3 Å². The first-order valence-electron chi connectivity index (χ1n) is 3.20. The van der Waals surface area contributed by atoms with Gasteiger partial charge in [0.2, 0.25) is 0 Å². The molecule has 0 unspecified atom stereocenters. The molecule has 0 spiro atoms. The van der Waals surface area contributed by atoms with Crippen LogP contribution in [0.3, 0.4) is 0 Å². The van der Waals surface area contributed by atoms with Crippen LogP contribution in [0.2, 0.25) is 0 Å². The Kier molecular flexibility index (Phi) is 3.12. The highest BCUT2D eigenvalue weighted by Gasteiger charge is 2.18. The van der Waals surface area contributed by atoms with Crippen LogP contribution >= 0.6 is 22.6 Å². The molecular formula is C7H4F2INO2. The lowest BCUT2D eigenvalue weighted by Crippen LogP contribution is -2.05. The fourth-order valence-electron chi connectivity index (χ4n) is 0.776. The third-order valence-corrected chi connectivity index (χ3v) is 2.49. The highest BCUT2D eigenvalue weighted by atomic mass is 127. The van der Waals surface area contributed by atoms with E-state index in [-0.39, 0.29) is 14.8 Å². The SMILES string of the molecule is O=C(O)c1nccc(C(F)F)c1I. The van der Waals surface area contributed by atoms with Gasteiger partial charge in [-0.3, -0.25) is 0 Å². The van der Waals surface area contributed by atoms with Crippen LogP contribution in [-0.2, 0) is 0 Å². The molecule has 13 heavy (non-hydrogen) atoms. The van der Waals surface area contributed by atoms with Crippen molar-refractivity contribution in [3.63, 3.8) is 0 Å². The van der Waals surface area contributed by atoms with E-state index in [0.29, 0.717) is 0 Å². The summed E-state index contributed by atoms with van der Waals surface area (Å²) in [6.07, 6.45) is -1.61. The Morgan fingerprint density at radius 3 is 2.69 bits per heavy atom. The van der Waals surface area contributed by atoms with Crippen molar-refractivity contribution in [1.29, 1.82) is 0 Å². The minimum absolute atomic E-state index is 0.0115. The van der Waals surface area contributed by atoms with Crippen LogP contribution in [0.25, 0.3) is 0 Å². The number of rotatable bonds is 2. The molecule has 0 fully saturated rings. The van der Waals surface area contributed by atoms with Crippen LogP contribution in [-0.4, -0.2) is 16.1 Å². The maximum atomic E-state index is 12.2. The highest BCUT2D eigenvalue weighted by Crippen LogP contribution is 2.25. The summed E-state index contributed by atoms with van der Waals surface area (Å²) in [5.74, 6) is -1.30. The molecule has 0 aromatic carbocycles. The molecule has 1 aromatic rings. The molecule has 0 saturated heterocycles. The van der Waals surface area contributed by atoms with E-state index in [2.05, 4.69) is 4.98 Å². The van der Waals surface area contributed by atoms with Crippen LogP contribution in [0.4, 0.5) is 8.78 Å². The van der Waals surface area contributed by atoms with Crippen molar-refractivity contribution in [2.24, 2.45) is 0 Å². The number of nitrogens with zero attached hydrogens (tertiary/aromatic N) is 1. The summed E-state index contributed by atoms with van der Waals surface area (Å²) in [4.78, 5) is 14.0. The number of halogens is 3. The summed E-state index contributed by atoms with van der Waals surface area (Å²) in [5.41, 5.74) is -0.633. The molecule has 70 valence electrons. The van der Waals surface area contributed by atoms with Gasteiger partial charge in [-0.15, -0.1) is 0 Å². The van der Waals surface area contributed by atoms with Gasteiger partial charge < -0.3 is 5.11 Å². The zero-order chi connectivity index (χ0) is 10.0. The largest absolute Gasteiger partial charge is 0.476 e. The van der Waals surface area contributed by atoms with Crippen molar-refractivity contribution < 1.29 is 18.7 Å². The third kappa shape index (κ3) is 2.11. The van der Waals surface area contributed by atoms with Crippen molar-refractivity contribution in [3.8, 4) is 0 Å². The normalized spacial score (nSPS) is 10.5. The topological polar surface area (TPSA) is 50.2 Å². The van der Waals surface area contributed by atoms with Crippen LogP contribution in [0.5, 0.6) is 0 Å². The first-order chi connectivity index (χ1) is 6.04. The Morgan fingerprint density at radius 2 is 2.23 bits per heavy atom. The van der Waals surface area contributed by atoms with E-state index in [1.165, 1.54) is 0 Å². The average molecular weight is 299 g/mol. The maximum Gasteiger partial charge on any atom is 0.355 e. The standard InChI is InChI=1S/C7H4F2INO2/c8-6(9)3-1-2-11-5(4(3)10)7(12)13/h1-2,6H,(H,12,13). The van der Waals surface area contributed by atoms with Crippen molar-refractivity contribution in [1.82, 2.24) is 4.98 Å². The van der Waals surface area contributed by atoms with Gasteiger partial charge in [0, 0.05) is 11.8 Å². The molecule has 1 N–H and O–H groups in total. The monoisotopic (exact) mass is 299 g/mol. The van der Waals surface area contributed by atoms with E-state index >= 15 is 0 Å². The van der Waals surface area contributed by atoms with Gasteiger partial charge in [0.15, 0.2) is 5.69 Å². The molecule has 0 bridgehead atoms. The molecule has 0 radical (unpaired) electrons. The van der Waals surface area contributed by atoms with Gasteiger partial charge in [0.25, 0.3) is 6.43 Å². The van der Waals surface area contributed by atoms with Gasteiger partial charge in [0.05, 0.1) is 3.57 Å². The molecule has 0 saturated carbocycles. The molecule has 1 heterocycles. The number of carbonyl (C=O) groups is 1. The molecule has 1 aromatic heterocycles. The Hall–Kier alpha value is -0.790. The number of pyridine rings is 1. The Morgan fingerprint density at radius 1 is 1.62 bits per heavy atom. The number of hydrogen-bond acceptors (Lipinski definition) is 2. The first-order valence-corrected chi connectivity index (χ1v) is 4.27. The molecule has 6 heteroatoms. The van der Waals surface area contributed by atoms with Gasteiger partial charge in [-0.2, -0.15) is 0 Å². The number of hydrogen-bond donors (Lipinski definition) is 1. The minimum atomic E-state index is -2.67. The maximum absolute atomic E-state index is 12.2. The summed E-state index contributed by atoms with van der Waals surface area (Å²) >= 11 is 1.55. The molecule has 3 nitrogen and oxygen atoms in total. The Bertz CT molecular complexity index is 343. The summed E-state index contributed by atoms with van der Waals surface area (Å²) in [6, 6.07) is 1.11. The number of aromatic nitrogens is 1. The predicted octanol–water partition coefficient (Wildman–Crippen LogP) is 2.32. The van der Waals surface area contributed by atoms with Crippen LogP contribution < -0.4 is 0 Å². The number of aromatic carboxylic acids is 1. The van der Waals surface area contributed by atoms with Gasteiger partial charge >= 0.3 is 5.97 Å². The predicted molar refractivity (Wildman–Crippen MR) is 48.9 cm³/mol. The van der Waals surface area contributed by atoms with E-state index in [4.69, 9.17) is 5.11 Å². The van der Waals surface area contributed by atoms with E-state index in [0.717, 1.165) is 12.3 Å². The van der Waals surface area contributed by atoms with Crippen LogP contribution in [0, 0.1) is 3.57 Å². The van der Waals surface area contributed by atoms with Crippen molar-refractivity contribution in [3.05, 3.63) is 27.1 Å². The highest BCUT2D eigenvalue weighted by molar-refractivity contribution is 14.1. The molecule has 0 aliphatic rings. The Balaban J connectivity index is 3.26. The molecule has 1 rings (SSSR count). The van der Waals surface area contributed by atoms with Crippen LogP contribution in [0.1, 0.15) is 22.5 Å². The third-order valence-electron chi connectivity index (χ3n) is 1.36. The van der Waals surface area contributed by atoms with Crippen molar-refractivity contribution in [2.45, 2.75) is 6.43 Å². The summed E-state index contributed by atoms with van der Waals surface area (Å²) < 4.78 is 24.5. The summed E-state index contributed by atoms with van der Waals surface area (Å²) in [6.45, 7) is 0. The first kappa shape index (κ1) is 10.3. The minimum Gasteiger partial charge on any atom is -0.476 e. The average Bonchev–Trinajstić information content (AvgIpc) is 2.03. The van der Waals surface area contributed by atoms with E-state index in [9.17, 15) is 13.6 Å². The van der Waals surface area contributed by atoms with E-state index < -0.39 is 12.4 Å². The fraction of sp³-hybridized carbons (Fsp3) is 0.143. The lowest BCUT2D eigenvalue weighted by atomic mass is 10.2. The van der Waals surface area contributed by atoms with Crippen molar-refractivity contribution >= 4 is 28.6 Å².